The van der Waals surface area contributed by atoms with Crippen LogP contribution in [0.5, 0.6) is 0 Å². The molecule has 0 unspecified atom stereocenters. The fourth-order valence-corrected chi connectivity index (χ4v) is 2.48. The van der Waals surface area contributed by atoms with E-state index >= 15 is 0 Å². The molecule has 0 bridgehead atoms. The lowest BCUT2D eigenvalue weighted by atomic mass is 10.4. The maximum Gasteiger partial charge on any atom is 0.254 e. The van der Waals surface area contributed by atoms with Crippen molar-refractivity contribution in [3.05, 3.63) is 22.1 Å². The number of hydrogen-bond donors (Lipinski definition) is 0. The third-order valence-electron chi connectivity index (χ3n) is 2.66. The third-order valence-corrected chi connectivity index (χ3v) is 3.68. The Balaban J connectivity index is 2.75. The van der Waals surface area contributed by atoms with Crippen LogP contribution in [-0.4, -0.2) is 39.2 Å². The lowest BCUT2D eigenvalue weighted by Gasteiger charge is -2.18. The molecule has 0 saturated heterocycles. The molecular formula is C12H19N3O2S. The van der Waals surface area contributed by atoms with Crippen LogP contribution in [0.3, 0.4) is 0 Å². The SMILES string of the molecule is CCN(CC)C(=O)CSc1nc(C)cc(=O)n1C. The maximum atomic E-state index is 11.8. The van der Waals surface area contributed by atoms with Crippen molar-refractivity contribution in [3.8, 4) is 0 Å². The highest BCUT2D eigenvalue weighted by Crippen LogP contribution is 2.14. The number of rotatable bonds is 5. The second-order valence-corrected chi connectivity index (χ2v) is 4.87. The zero-order chi connectivity index (χ0) is 13.7. The summed E-state index contributed by atoms with van der Waals surface area (Å²) in [6.07, 6.45) is 0. The van der Waals surface area contributed by atoms with Gasteiger partial charge in [0.15, 0.2) is 5.16 Å². The minimum absolute atomic E-state index is 0.0701. The third kappa shape index (κ3) is 3.60. The number of aromatic nitrogens is 2. The van der Waals surface area contributed by atoms with E-state index in [0.717, 1.165) is 0 Å². The summed E-state index contributed by atoms with van der Waals surface area (Å²) in [7, 11) is 1.67. The molecule has 1 amide bonds. The Bertz CT molecular complexity index is 481. The molecule has 1 aromatic rings. The molecule has 0 aliphatic rings. The molecule has 0 spiro atoms. The number of carbonyl (C=O) groups is 1. The van der Waals surface area contributed by atoms with Gasteiger partial charge in [0.05, 0.1) is 5.75 Å². The van der Waals surface area contributed by atoms with Crippen LogP contribution in [0.25, 0.3) is 0 Å². The Morgan fingerprint density at radius 3 is 2.61 bits per heavy atom. The number of nitrogens with zero attached hydrogens (tertiary/aromatic N) is 3. The molecule has 1 rings (SSSR count). The molecule has 100 valence electrons. The molecule has 0 saturated carbocycles. The fourth-order valence-electron chi connectivity index (χ4n) is 1.55. The highest BCUT2D eigenvalue weighted by atomic mass is 32.2. The van der Waals surface area contributed by atoms with Gasteiger partial charge >= 0.3 is 0 Å². The molecule has 0 aromatic carbocycles. The van der Waals surface area contributed by atoms with Crippen molar-refractivity contribution in [1.82, 2.24) is 14.5 Å². The van der Waals surface area contributed by atoms with Crippen molar-refractivity contribution in [2.75, 3.05) is 18.8 Å². The topological polar surface area (TPSA) is 55.2 Å². The Labute approximate surface area is 111 Å². The molecule has 1 aromatic heterocycles. The first-order chi connectivity index (χ1) is 8.49. The lowest BCUT2D eigenvalue weighted by Crippen LogP contribution is -2.32. The van der Waals surface area contributed by atoms with Crippen molar-refractivity contribution in [2.24, 2.45) is 7.05 Å². The van der Waals surface area contributed by atoms with Gasteiger partial charge in [-0.3, -0.25) is 14.2 Å². The van der Waals surface area contributed by atoms with Crippen LogP contribution >= 0.6 is 11.8 Å². The van der Waals surface area contributed by atoms with E-state index in [9.17, 15) is 9.59 Å². The van der Waals surface area contributed by atoms with Crippen LogP contribution in [0.2, 0.25) is 0 Å². The number of aryl methyl sites for hydroxylation is 1. The maximum absolute atomic E-state index is 11.8. The summed E-state index contributed by atoms with van der Waals surface area (Å²) in [6.45, 7) is 7.09. The van der Waals surface area contributed by atoms with Crippen molar-refractivity contribution in [2.45, 2.75) is 25.9 Å². The van der Waals surface area contributed by atoms with Crippen LogP contribution in [0.1, 0.15) is 19.5 Å². The normalized spacial score (nSPS) is 10.4. The van der Waals surface area contributed by atoms with Gasteiger partial charge in [0.2, 0.25) is 5.91 Å². The Morgan fingerprint density at radius 1 is 1.44 bits per heavy atom. The fraction of sp³-hybridized carbons (Fsp3) is 0.583. The second-order valence-electron chi connectivity index (χ2n) is 3.93. The van der Waals surface area contributed by atoms with Gasteiger partial charge < -0.3 is 4.90 Å². The molecule has 5 nitrogen and oxygen atoms in total. The Hall–Kier alpha value is -1.30. The summed E-state index contributed by atoms with van der Waals surface area (Å²) in [5, 5.41) is 0.584. The van der Waals surface area contributed by atoms with Gasteiger partial charge in [-0.1, -0.05) is 11.8 Å². The van der Waals surface area contributed by atoms with E-state index in [-0.39, 0.29) is 11.5 Å². The van der Waals surface area contributed by atoms with E-state index in [2.05, 4.69) is 4.98 Å². The predicted octanol–water partition coefficient (Wildman–Crippen LogP) is 1.05. The quantitative estimate of drug-likeness (QED) is 0.592. The van der Waals surface area contributed by atoms with E-state index in [1.807, 2.05) is 13.8 Å². The van der Waals surface area contributed by atoms with Gasteiger partial charge in [-0.15, -0.1) is 0 Å². The molecule has 0 aliphatic carbocycles. The van der Waals surface area contributed by atoms with Gasteiger partial charge in [-0.2, -0.15) is 0 Å². The zero-order valence-corrected chi connectivity index (χ0v) is 12.1. The van der Waals surface area contributed by atoms with Crippen LogP contribution in [0, 0.1) is 6.92 Å². The Kier molecular flexibility index (Phi) is 5.40. The second kappa shape index (κ2) is 6.58. The van der Waals surface area contributed by atoms with Crippen molar-refractivity contribution >= 4 is 17.7 Å². The van der Waals surface area contributed by atoms with E-state index in [1.165, 1.54) is 22.4 Å². The van der Waals surface area contributed by atoms with Crippen molar-refractivity contribution in [3.63, 3.8) is 0 Å². The standard InChI is InChI=1S/C12H19N3O2S/c1-5-15(6-2)11(17)8-18-12-13-9(3)7-10(16)14(12)4/h7H,5-6,8H2,1-4H3. The Morgan fingerprint density at radius 2 is 2.06 bits per heavy atom. The minimum Gasteiger partial charge on any atom is -0.343 e. The summed E-state index contributed by atoms with van der Waals surface area (Å²) in [4.78, 5) is 29.5. The largest absolute Gasteiger partial charge is 0.343 e. The smallest absolute Gasteiger partial charge is 0.254 e. The van der Waals surface area contributed by atoms with Crippen molar-refractivity contribution < 1.29 is 4.79 Å². The van der Waals surface area contributed by atoms with Gasteiger partial charge in [-0.05, 0) is 20.8 Å². The van der Waals surface area contributed by atoms with E-state index in [1.54, 1.807) is 18.9 Å². The van der Waals surface area contributed by atoms with Crippen molar-refractivity contribution in [1.29, 1.82) is 0 Å². The molecule has 6 heteroatoms. The first-order valence-electron chi connectivity index (χ1n) is 5.94. The number of thioether (sulfide) groups is 1. The van der Waals surface area contributed by atoms with Crippen LogP contribution < -0.4 is 5.56 Å². The molecule has 0 aliphatic heterocycles. The van der Waals surface area contributed by atoms with E-state index in [0.29, 0.717) is 29.7 Å². The first-order valence-corrected chi connectivity index (χ1v) is 6.93. The molecular weight excluding hydrogens is 250 g/mol. The molecule has 0 atom stereocenters. The van der Waals surface area contributed by atoms with Crippen LogP contribution in [-0.2, 0) is 11.8 Å². The average Bonchev–Trinajstić information content (AvgIpc) is 2.33. The summed E-state index contributed by atoms with van der Waals surface area (Å²) in [5.41, 5.74) is 0.580. The van der Waals surface area contributed by atoms with Gasteiger partial charge in [-0.25, -0.2) is 4.98 Å². The summed E-state index contributed by atoms with van der Waals surface area (Å²) < 4.78 is 1.47. The number of carbonyl (C=O) groups excluding carboxylic acids is 1. The summed E-state index contributed by atoms with van der Waals surface area (Å²) >= 11 is 1.30. The van der Waals surface area contributed by atoms with E-state index < -0.39 is 0 Å². The highest BCUT2D eigenvalue weighted by Gasteiger charge is 2.12. The molecule has 0 fully saturated rings. The van der Waals surface area contributed by atoms with Gasteiger partial charge in [0.1, 0.15) is 0 Å². The summed E-state index contributed by atoms with van der Waals surface area (Å²) in [6, 6.07) is 1.48. The number of amides is 1. The van der Waals surface area contributed by atoms with Crippen LogP contribution in [0.4, 0.5) is 0 Å². The summed E-state index contributed by atoms with van der Waals surface area (Å²) in [5.74, 6) is 0.381. The number of hydrogen-bond acceptors (Lipinski definition) is 4. The molecule has 1 heterocycles. The van der Waals surface area contributed by atoms with Gasteiger partial charge in [0.25, 0.3) is 5.56 Å². The highest BCUT2D eigenvalue weighted by molar-refractivity contribution is 7.99. The molecule has 0 N–H and O–H groups in total. The van der Waals surface area contributed by atoms with Gasteiger partial charge in [0, 0.05) is 31.9 Å². The average molecular weight is 269 g/mol. The minimum atomic E-state index is -0.0970. The van der Waals surface area contributed by atoms with E-state index in [4.69, 9.17) is 0 Å². The first kappa shape index (κ1) is 14.8. The predicted molar refractivity (Wildman–Crippen MR) is 72.9 cm³/mol. The van der Waals surface area contributed by atoms with Crippen LogP contribution in [0.15, 0.2) is 16.0 Å². The zero-order valence-electron chi connectivity index (χ0n) is 11.3. The monoisotopic (exact) mass is 269 g/mol. The molecule has 0 radical (unpaired) electrons. The molecule has 18 heavy (non-hydrogen) atoms. The lowest BCUT2D eigenvalue weighted by molar-refractivity contribution is -0.127.